The molecule has 0 radical (unpaired) electrons. The monoisotopic (exact) mass is 216 g/mol. The lowest BCUT2D eigenvalue weighted by Crippen LogP contribution is -1.98. The molecule has 0 unspecified atom stereocenters. The summed E-state index contributed by atoms with van der Waals surface area (Å²) >= 11 is 0. The van der Waals surface area contributed by atoms with E-state index in [-0.39, 0.29) is 5.78 Å². The maximum atomic E-state index is 11.2. The topological polar surface area (TPSA) is 44.1 Å². The summed E-state index contributed by atoms with van der Waals surface area (Å²) in [5.41, 5.74) is 1.41. The van der Waals surface area contributed by atoms with E-state index >= 15 is 0 Å². The predicted molar refractivity (Wildman–Crippen MR) is 60.1 cm³/mol. The minimum Gasteiger partial charge on any atom is -0.494 e. The second-order valence-corrected chi connectivity index (χ2v) is 3.40. The number of Topliss-reactive ketones (excluding diaryl/α,β-unsaturated/α-hetero) is 1. The van der Waals surface area contributed by atoms with E-state index in [4.69, 9.17) is 4.74 Å². The van der Waals surface area contributed by atoms with Crippen molar-refractivity contribution in [2.45, 2.75) is 6.92 Å². The average Bonchev–Trinajstić information content (AvgIpc) is 2.78. The van der Waals surface area contributed by atoms with Crippen LogP contribution >= 0.6 is 0 Å². The number of para-hydroxylation sites is 2. The maximum absolute atomic E-state index is 11.2. The summed E-state index contributed by atoms with van der Waals surface area (Å²) in [4.78, 5) is 11.2. The molecule has 4 nitrogen and oxygen atoms in total. The third-order valence-electron chi connectivity index (χ3n) is 2.32. The molecule has 0 saturated heterocycles. The fourth-order valence-corrected chi connectivity index (χ4v) is 1.46. The van der Waals surface area contributed by atoms with Gasteiger partial charge < -0.3 is 4.74 Å². The zero-order valence-corrected chi connectivity index (χ0v) is 9.18. The number of aromatic nitrogens is 2. The highest BCUT2D eigenvalue weighted by Crippen LogP contribution is 2.21. The summed E-state index contributed by atoms with van der Waals surface area (Å²) < 4.78 is 6.86. The van der Waals surface area contributed by atoms with E-state index in [0.717, 1.165) is 11.4 Å². The van der Waals surface area contributed by atoms with Crippen LogP contribution in [0.3, 0.4) is 0 Å². The van der Waals surface area contributed by atoms with Gasteiger partial charge in [0.2, 0.25) is 0 Å². The van der Waals surface area contributed by atoms with Crippen LogP contribution in [0.1, 0.15) is 17.3 Å². The molecule has 1 aromatic heterocycles. The Morgan fingerprint density at radius 2 is 2.12 bits per heavy atom. The van der Waals surface area contributed by atoms with E-state index in [1.807, 2.05) is 24.3 Å². The van der Waals surface area contributed by atoms with Crippen molar-refractivity contribution in [1.29, 1.82) is 0 Å². The summed E-state index contributed by atoms with van der Waals surface area (Å²) in [5, 5.41) is 4.13. The third kappa shape index (κ3) is 1.82. The standard InChI is InChI=1S/C12H12N2O2/c1-9(15)10-7-13-14(8-10)11-5-3-4-6-12(11)16-2/h3-8H,1-2H3. The van der Waals surface area contributed by atoms with E-state index in [0.29, 0.717) is 5.56 Å². The van der Waals surface area contributed by atoms with E-state index in [2.05, 4.69) is 5.10 Å². The Bertz CT molecular complexity index is 517. The van der Waals surface area contributed by atoms with E-state index in [1.54, 1.807) is 24.2 Å². The lowest BCUT2D eigenvalue weighted by Gasteiger charge is -2.07. The first-order chi connectivity index (χ1) is 7.72. The normalized spacial score (nSPS) is 10.1. The van der Waals surface area contributed by atoms with Crippen LogP contribution in [0.2, 0.25) is 0 Å². The first-order valence-electron chi connectivity index (χ1n) is 4.91. The Balaban J connectivity index is 2.46. The van der Waals surface area contributed by atoms with Gasteiger partial charge in [-0.05, 0) is 19.1 Å². The largest absolute Gasteiger partial charge is 0.494 e. The molecule has 2 rings (SSSR count). The molecule has 16 heavy (non-hydrogen) atoms. The highest BCUT2D eigenvalue weighted by Gasteiger charge is 2.07. The Morgan fingerprint density at radius 3 is 2.75 bits per heavy atom. The van der Waals surface area contributed by atoms with E-state index in [1.165, 1.54) is 6.92 Å². The summed E-state index contributed by atoms with van der Waals surface area (Å²) in [5.74, 6) is 0.724. The Morgan fingerprint density at radius 1 is 1.38 bits per heavy atom. The van der Waals surface area contributed by atoms with Gasteiger partial charge in [-0.1, -0.05) is 12.1 Å². The number of ketones is 1. The molecular weight excluding hydrogens is 204 g/mol. The lowest BCUT2D eigenvalue weighted by atomic mass is 10.2. The van der Waals surface area contributed by atoms with Crippen molar-refractivity contribution < 1.29 is 9.53 Å². The second kappa shape index (κ2) is 4.18. The van der Waals surface area contributed by atoms with Gasteiger partial charge in [0, 0.05) is 6.20 Å². The van der Waals surface area contributed by atoms with Crippen LogP contribution in [0.15, 0.2) is 36.7 Å². The average molecular weight is 216 g/mol. The first kappa shape index (κ1) is 10.4. The van der Waals surface area contributed by atoms with Crippen molar-refractivity contribution in [1.82, 2.24) is 9.78 Å². The molecule has 0 aliphatic heterocycles. The van der Waals surface area contributed by atoms with E-state index in [9.17, 15) is 4.79 Å². The number of nitrogens with zero attached hydrogens (tertiary/aromatic N) is 2. The van der Waals surface area contributed by atoms with Gasteiger partial charge in [0.15, 0.2) is 5.78 Å². The van der Waals surface area contributed by atoms with Crippen LogP contribution in [0.25, 0.3) is 5.69 Å². The predicted octanol–water partition coefficient (Wildman–Crippen LogP) is 2.08. The Hall–Kier alpha value is -2.10. The van der Waals surface area contributed by atoms with Gasteiger partial charge in [-0.2, -0.15) is 5.10 Å². The van der Waals surface area contributed by atoms with Crippen LogP contribution in [-0.2, 0) is 0 Å². The number of benzene rings is 1. The number of hydrogen-bond donors (Lipinski definition) is 0. The quantitative estimate of drug-likeness (QED) is 0.738. The van der Waals surface area contributed by atoms with Gasteiger partial charge >= 0.3 is 0 Å². The molecule has 0 fully saturated rings. The highest BCUT2D eigenvalue weighted by molar-refractivity contribution is 5.93. The van der Waals surface area contributed by atoms with E-state index < -0.39 is 0 Å². The van der Waals surface area contributed by atoms with Crippen LogP contribution in [0.5, 0.6) is 5.75 Å². The van der Waals surface area contributed by atoms with Crippen LogP contribution < -0.4 is 4.74 Å². The molecule has 0 saturated carbocycles. The number of carbonyl (C=O) groups excluding carboxylic acids is 1. The number of hydrogen-bond acceptors (Lipinski definition) is 3. The first-order valence-corrected chi connectivity index (χ1v) is 4.91. The van der Waals surface area contributed by atoms with Gasteiger partial charge in [0.1, 0.15) is 11.4 Å². The number of rotatable bonds is 3. The fourth-order valence-electron chi connectivity index (χ4n) is 1.46. The second-order valence-electron chi connectivity index (χ2n) is 3.40. The van der Waals surface area contributed by atoms with Gasteiger partial charge in [-0.15, -0.1) is 0 Å². The Labute approximate surface area is 93.5 Å². The molecule has 1 heterocycles. The summed E-state index contributed by atoms with van der Waals surface area (Å²) in [6, 6.07) is 7.52. The zero-order valence-electron chi connectivity index (χ0n) is 9.18. The molecular formula is C12H12N2O2. The van der Waals surface area contributed by atoms with Crippen molar-refractivity contribution in [3.63, 3.8) is 0 Å². The molecule has 1 aromatic carbocycles. The molecule has 2 aromatic rings. The molecule has 0 amide bonds. The zero-order chi connectivity index (χ0) is 11.5. The Kier molecular flexibility index (Phi) is 2.72. The van der Waals surface area contributed by atoms with Crippen LogP contribution in [0.4, 0.5) is 0 Å². The third-order valence-corrected chi connectivity index (χ3v) is 2.32. The molecule has 0 spiro atoms. The number of methoxy groups -OCH3 is 1. The summed E-state index contributed by atoms with van der Waals surface area (Å²) in [6.45, 7) is 1.52. The van der Waals surface area contributed by atoms with Crippen molar-refractivity contribution in [3.8, 4) is 11.4 Å². The van der Waals surface area contributed by atoms with Crippen LogP contribution in [-0.4, -0.2) is 22.7 Å². The van der Waals surface area contributed by atoms with Crippen molar-refractivity contribution >= 4 is 5.78 Å². The fraction of sp³-hybridized carbons (Fsp3) is 0.167. The van der Waals surface area contributed by atoms with Gasteiger partial charge in [-0.25, -0.2) is 4.68 Å². The molecule has 0 aliphatic carbocycles. The molecule has 0 N–H and O–H groups in total. The van der Waals surface area contributed by atoms with Crippen molar-refractivity contribution in [3.05, 3.63) is 42.2 Å². The van der Waals surface area contributed by atoms with Crippen LogP contribution in [0, 0.1) is 0 Å². The van der Waals surface area contributed by atoms with Gasteiger partial charge in [-0.3, -0.25) is 4.79 Å². The molecule has 82 valence electrons. The highest BCUT2D eigenvalue weighted by atomic mass is 16.5. The van der Waals surface area contributed by atoms with Gasteiger partial charge in [0.05, 0.1) is 18.9 Å². The number of ether oxygens (including phenoxy) is 1. The minimum absolute atomic E-state index is 0.00106. The smallest absolute Gasteiger partial charge is 0.162 e. The SMILES string of the molecule is COc1ccccc1-n1cc(C(C)=O)cn1. The molecule has 0 bridgehead atoms. The maximum Gasteiger partial charge on any atom is 0.162 e. The summed E-state index contributed by atoms with van der Waals surface area (Å²) in [6.07, 6.45) is 3.24. The molecule has 0 aliphatic rings. The molecule has 4 heteroatoms. The summed E-state index contributed by atoms with van der Waals surface area (Å²) in [7, 11) is 1.61. The minimum atomic E-state index is 0.00106. The number of carbonyl (C=O) groups is 1. The molecule has 0 atom stereocenters. The van der Waals surface area contributed by atoms with Crippen molar-refractivity contribution in [2.75, 3.05) is 7.11 Å². The van der Waals surface area contributed by atoms with Gasteiger partial charge in [0.25, 0.3) is 0 Å². The lowest BCUT2D eigenvalue weighted by molar-refractivity contribution is 0.101. The van der Waals surface area contributed by atoms with Crippen molar-refractivity contribution in [2.24, 2.45) is 0 Å².